The number of likely N-dealkylation sites (tertiary alicyclic amines) is 1. The molecule has 0 bridgehead atoms. The van der Waals surface area contributed by atoms with Crippen molar-refractivity contribution in [3.63, 3.8) is 0 Å². The molecule has 1 aliphatic rings. The quantitative estimate of drug-likeness (QED) is 0.583. The van der Waals surface area contributed by atoms with Crippen LogP contribution in [0, 0.1) is 18.3 Å². The number of nitrogens with zero attached hydrogens (tertiary/aromatic N) is 1. The predicted octanol–water partition coefficient (Wildman–Crippen LogP) is 0.804. The molecular formula is C13H13NO4. The standard InChI is InChI=1S/C13H13NO4/c1-2-5-18-13(16)10-7-12(15)14(8-10)9-11-4-3-6-17-11/h1,3-4,6,10H,5,7-9H2/t10-/m0/s1. The summed E-state index contributed by atoms with van der Waals surface area (Å²) < 4.78 is 10.00. The Morgan fingerprint density at radius 3 is 3.17 bits per heavy atom. The molecule has 0 aliphatic carbocycles. The van der Waals surface area contributed by atoms with Gasteiger partial charge in [0.2, 0.25) is 5.91 Å². The van der Waals surface area contributed by atoms with E-state index in [1.807, 2.05) is 0 Å². The largest absolute Gasteiger partial charge is 0.467 e. The molecule has 94 valence electrons. The lowest BCUT2D eigenvalue weighted by Crippen LogP contribution is -2.26. The van der Waals surface area contributed by atoms with Crippen molar-refractivity contribution < 1.29 is 18.7 Å². The van der Waals surface area contributed by atoms with Crippen LogP contribution in [0.3, 0.4) is 0 Å². The summed E-state index contributed by atoms with van der Waals surface area (Å²) in [5.41, 5.74) is 0. The van der Waals surface area contributed by atoms with Gasteiger partial charge in [-0.2, -0.15) is 0 Å². The Balaban J connectivity index is 1.91. The highest BCUT2D eigenvalue weighted by Crippen LogP contribution is 2.21. The van der Waals surface area contributed by atoms with Crippen molar-refractivity contribution in [3.8, 4) is 12.3 Å². The maximum absolute atomic E-state index is 11.7. The number of rotatable bonds is 4. The highest BCUT2D eigenvalue weighted by Gasteiger charge is 2.35. The molecule has 1 atom stereocenters. The average Bonchev–Trinajstić information content (AvgIpc) is 2.98. The number of amides is 1. The third-order valence-corrected chi connectivity index (χ3v) is 2.77. The van der Waals surface area contributed by atoms with Crippen LogP contribution < -0.4 is 0 Å². The predicted molar refractivity (Wildman–Crippen MR) is 62.0 cm³/mol. The number of ether oxygens (including phenoxy) is 1. The molecule has 5 heteroatoms. The van der Waals surface area contributed by atoms with Gasteiger partial charge in [0, 0.05) is 13.0 Å². The van der Waals surface area contributed by atoms with E-state index in [4.69, 9.17) is 15.6 Å². The number of furan rings is 1. The molecule has 0 N–H and O–H groups in total. The first-order chi connectivity index (χ1) is 8.70. The van der Waals surface area contributed by atoms with E-state index in [2.05, 4.69) is 5.92 Å². The van der Waals surface area contributed by atoms with Crippen LogP contribution in [0.2, 0.25) is 0 Å². The molecule has 1 saturated heterocycles. The van der Waals surface area contributed by atoms with Crippen molar-refractivity contribution in [1.82, 2.24) is 4.90 Å². The first-order valence-corrected chi connectivity index (χ1v) is 5.61. The number of carbonyl (C=O) groups is 2. The minimum atomic E-state index is -0.430. The summed E-state index contributed by atoms with van der Waals surface area (Å²) in [6, 6.07) is 3.55. The van der Waals surface area contributed by atoms with E-state index in [0.29, 0.717) is 18.8 Å². The topological polar surface area (TPSA) is 59.8 Å². The fraction of sp³-hybridized carbons (Fsp3) is 0.385. The van der Waals surface area contributed by atoms with Crippen LogP contribution in [0.4, 0.5) is 0 Å². The second-order valence-corrected chi connectivity index (χ2v) is 4.07. The van der Waals surface area contributed by atoms with Crippen LogP contribution in [0.25, 0.3) is 0 Å². The molecule has 0 radical (unpaired) electrons. The minimum absolute atomic E-state index is 0.0539. The lowest BCUT2D eigenvalue weighted by molar-refractivity contribution is -0.146. The van der Waals surface area contributed by atoms with E-state index in [0.717, 1.165) is 0 Å². The Hall–Kier alpha value is -2.22. The van der Waals surface area contributed by atoms with Gasteiger partial charge in [0.15, 0.2) is 6.61 Å². The number of terminal acetylenes is 1. The van der Waals surface area contributed by atoms with Gasteiger partial charge in [-0.15, -0.1) is 6.42 Å². The van der Waals surface area contributed by atoms with Gasteiger partial charge < -0.3 is 14.1 Å². The fourth-order valence-electron chi connectivity index (χ4n) is 1.90. The summed E-state index contributed by atoms with van der Waals surface area (Å²) in [5.74, 6) is 2.00. The Morgan fingerprint density at radius 2 is 2.50 bits per heavy atom. The van der Waals surface area contributed by atoms with Gasteiger partial charge >= 0.3 is 5.97 Å². The summed E-state index contributed by atoms with van der Waals surface area (Å²) in [5, 5.41) is 0. The smallest absolute Gasteiger partial charge is 0.312 e. The second kappa shape index (κ2) is 5.41. The highest BCUT2D eigenvalue weighted by atomic mass is 16.5. The van der Waals surface area contributed by atoms with Crippen LogP contribution in [0.15, 0.2) is 22.8 Å². The van der Waals surface area contributed by atoms with Gasteiger partial charge in [-0.1, -0.05) is 5.92 Å². The zero-order valence-corrected chi connectivity index (χ0v) is 9.80. The van der Waals surface area contributed by atoms with Gasteiger partial charge in [0.05, 0.1) is 18.7 Å². The molecule has 0 saturated carbocycles. The van der Waals surface area contributed by atoms with E-state index in [-0.39, 0.29) is 18.9 Å². The third kappa shape index (κ3) is 2.72. The summed E-state index contributed by atoms with van der Waals surface area (Å²) in [6.45, 7) is 0.676. The summed E-state index contributed by atoms with van der Waals surface area (Å²) in [6.07, 6.45) is 6.72. The number of esters is 1. The monoisotopic (exact) mass is 247 g/mol. The normalized spacial score (nSPS) is 18.7. The maximum atomic E-state index is 11.7. The summed E-state index contributed by atoms with van der Waals surface area (Å²) >= 11 is 0. The van der Waals surface area contributed by atoms with Crippen LogP contribution in [-0.2, 0) is 20.9 Å². The number of carbonyl (C=O) groups excluding carboxylic acids is 2. The number of hydrogen-bond acceptors (Lipinski definition) is 4. The molecular weight excluding hydrogens is 234 g/mol. The summed E-state index contributed by atoms with van der Waals surface area (Å²) in [4.78, 5) is 24.9. The van der Waals surface area contributed by atoms with Crippen molar-refractivity contribution in [1.29, 1.82) is 0 Å². The first kappa shape index (κ1) is 12.2. The molecule has 1 fully saturated rings. The van der Waals surface area contributed by atoms with Crippen LogP contribution >= 0.6 is 0 Å². The fourth-order valence-corrected chi connectivity index (χ4v) is 1.90. The maximum Gasteiger partial charge on any atom is 0.312 e. The first-order valence-electron chi connectivity index (χ1n) is 5.61. The molecule has 1 aromatic rings. The Kier molecular flexibility index (Phi) is 3.68. The van der Waals surface area contributed by atoms with Gasteiger partial charge in [0.25, 0.3) is 0 Å². The molecule has 1 aliphatic heterocycles. The lowest BCUT2D eigenvalue weighted by atomic mass is 10.1. The van der Waals surface area contributed by atoms with Gasteiger partial charge in [-0.3, -0.25) is 9.59 Å². The zero-order valence-electron chi connectivity index (χ0n) is 9.80. The van der Waals surface area contributed by atoms with E-state index in [1.54, 1.807) is 23.3 Å². The number of hydrogen-bond donors (Lipinski definition) is 0. The second-order valence-electron chi connectivity index (χ2n) is 4.07. The molecule has 2 heterocycles. The Bertz CT molecular complexity index is 472. The van der Waals surface area contributed by atoms with Crippen LogP contribution in [0.5, 0.6) is 0 Å². The third-order valence-electron chi connectivity index (χ3n) is 2.77. The van der Waals surface area contributed by atoms with Crippen molar-refractivity contribution in [3.05, 3.63) is 24.2 Å². The lowest BCUT2D eigenvalue weighted by Gasteiger charge is -2.14. The van der Waals surface area contributed by atoms with Crippen LogP contribution in [0.1, 0.15) is 12.2 Å². The highest BCUT2D eigenvalue weighted by molar-refractivity contribution is 5.86. The Labute approximate surface area is 105 Å². The SMILES string of the molecule is C#CCOC(=O)[C@H]1CC(=O)N(Cc2ccco2)C1. The van der Waals surface area contributed by atoms with Crippen LogP contribution in [-0.4, -0.2) is 29.9 Å². The van der Waals surface area contributed by atoms with Crippen molar-refractivity contribution in [2.24, 2.45) is 5.92 Å². The molecule has 1 amide bonds. The van der Waals surface area contributed by atoms with Crippen molar-refractivity contribution in [2.45, 2.75) is 13.0 Å². The molecule has 2 rings (SSSR count). The van der Waals surface area contributed by atoms with Crippen molar-refractivity contribution >= 4 is 11.9 Å². The zero-order chi connectivity index (χ0) is 13.0. The van der Waals surface area contributed by atoms with E-state index >= 15 is 0 Å². The average molecular weight is 247 g/mol. The van der Waals surface area contributed by atoms with Gasteiger partial charge in [-0.05, 0) is 12.1 Å². The summed E-state index contributed by atoms with van der Waals surface area (Å²) in [7, 11) is 0. The Morgan fingerprint density at radius 1 is 1.67 bits per heavy atom. The molecule has 1 aromatic heterocycles. The van der Waals surface area contributed by atoms with E-state index < -0.39 is 11.9 Å². The van der Waals surface area contributed by atoms with Crippen molar-refractivity contribution in [2.75, 3.05) is 13.2 Å². The molecule has 0 unspecified atom stereocenters. The molecule has 5 nitrogen and oxygen atoms in total. The molecule has 0 spiro atoms. The van der Waals surface area contributed by atoms with Gasteiger partial charge in [-0.25, -0.2) is 0 Å². The van der Waals surface area contributed by atoms with E-state index in [9.17, 15) is 9.59 Å². The minimum Gasteiger partial charge on any atom is -0.467 e. The molecule has 18 heavy (non-hydrogen) atoms. The molecule has 0 aromatic carbocycles. The van der Waals surface area contributed by atoms with Gasteiger partial charge in [0.1, 0.15) is 5.76 Å². The van der Waals surface area contributed by atoms with E-state index in [1.165, 1.54) is 0 Å².